The number of nitrogens with two attached hydrogens (primary N) is 1. The molecule has 0 aromatic heterocycles. The molecular formula is C18H24N2. The van der Waals surface area contributed by atoms with E-state index in [9.17, 15) is 0 Å². The van der Waals surface area contributed by atoms with E-state index in [2.05, 4.69) is 48.2 Å². The molecule has 2 aromatic carbocycles. The first kappa shape index (κ1) is 13.4. The summed E-state index contributed by atoms with van der Waals surface area (Å²) in [5.41, 5.74) is 8.51. The Morgan fingerprint density at radius 3 is 2.65 bits per heavy atom. The number of hydrogen-bond acceptors (Lipinski definition) is 2. The summed E-state index contributed by atoms with van der Waals surface area (Å²) in [4.78, 5) is 2.59. The van der Waals surface area contributed by atoms with Gasteiger partial charge in [-0.15, -0.1) is 0 Å². The minimum atomic E-state index is 0.607. The predicted molar refractivity (Wildman–Crippen MR) is 87.1 cm³/mol. The summed E-state index contributed by atoms with van der Waals surface area (Å²) in [5, 5.41) is 2.66. The van der Waals surface area contributed by atoms with Gasteiger partial charge in [0.25, 0.3) is 0 Å². The fourth-order valence-electron chi connectivity index (χ4n) is 3.41. The molecule has 0 spiro atoms. The van der Waals surface area contributed by atoms with E-state index in [0.717, 1.165) is 0 Å². The number of fused-ring (bicyclic) bond motifs is 1. The Hall–Kier alpha value is -1.54. The normalized spacial score (nSPS) is 20.1. The van der Waals surface area contributed by atoms with Crippen LogP contribution in [0.3, 0.4) is 0 Å². The van der Waals surface area contributed by atoms with Crippen LogP contribution in [0, 0.1) is 0 Å². The summed E-state index contributed by atoms with van der Waals surface area (Å²) in [6.07, 6.45) is 5.32. The molecule has 1 heterocycles. The number of hydrogen-bond donors (Lipinski definition) is 1. The summed E-state index contributed by atoms with van der Waals surface area (Å²) in [6.45, 7) is 4.14. The van der Waals surface area contributed by atoms with Gasteiger partial charge in [0.05, 0.1) is 0 Å². The van der Waals surface area contributed by atoms with E-state index < -0.39 is 0 Å². The van der Waals surface area contributed by atoms with Crippen LogP contribution in [0.4, 0.5) is 5.69 Å². The molecule has 1 unspecified atom stereocenters. The van der Waals surface area contributed by atoms with Gasteiger partial charge in [-0.1, -0.05) is 43.2 Å². The van der Waals surface area contributed by atoms with E-state index in [1.807, 2.05) is 0 Å². The average molecular weight is 268 g/mol. The van der Waals surface area contributed by atoms with E-state index in [0.29, 0.717) is 12.6 Å². The Kier molecular flexibility index (Phi) is 3.93. The van der Waals surface area contributed by atoms with Crippen LogP contribution in [0.5, 0.6) is 0 Å². The van der Waals surface area contributed by atoms with Crippen LogP contribution in [-0.2, 0) is 6.54 Å². The topological polar surface area (TPSA) is 29.3 Å². The van der Waals surface area contributed by atoms with Crippen LogP contribution in [0.1, 0.15) is 38.2 Å². The summed E-state index contributed by atoms with van der Waals surface area (Å²) >= 11 is 0. The Bertz CT molecular complexity index is 591. The molecule has 0 amide bonds. The van der Waals surface area contributed by atoms with Crippen molar-refractivity contribution in [1.82, 2.24) is 0 Å². The number of nitrogens with zero attached hydrogens (tertiary/aromatic N) is 1. The first-order valence-corrected chi connectivity index (χ1v) is 7.78. The highest BCUT2D eigenvalue weighted by molar-refractivity contribution is 5.96. The lowest BCUT2D eigenvalue weighted by molar-refractivity contribution is 0.617. The van der Waals surface area contributed by atoms with Crippen LogP contribution in [0.25, 0.3) is 10.8 Å². The molecule has 0 bridgehead atoms. The average Bonchev–Trinajstić information content (AvgIpc) is 2.71. The molecule has 2 heteroatoms. The molecule has 2 nitrogen and oxygen atoms in total. The molecule has 106 valence electrons. The molecule has 1 fully saturated rings. The molecule has 1 saturated heterocycles. The molecular weight excluding hydrogens is 244 g/mol. The van der Waals surface area contributed by atoms with Gasteiger partial charge >= 0.3 is 0 Å². The van der Waals surface area contributed by atoms with Crippen LogP contribution in [0.15, 0.2) is 36.4 Å². The van der Waals surface area contributed by atoms with E-state index >= 15 is 0 Å². The lowest BCUT2D eigenvalue weighted by Gasteiger charge is -2.31. The Morgan fingerprint density at radius 2 is 1.85 bits per heavy atom. The molecule has 2 N–H and O–H groups in total. The smallest absolute Gasteiger partial charge is 0.0448 e. The van der Waals surface area contributed by atoms with Crippen LogP contribution in [-0.4, -0.2) is 12.6 Å². The number of rotatable bonds is 2. The van der Waals surface area contributed by atoms with Crippen molar-refractivity contribution in [3.05, 3.63) is 42.0 Å². The standard InChI is InChI=1S/C18H24N2/c1-14-7-3-2-6-12-20(14)18-11-10-15(13-19)16-8-4-5-9-17(16)18/h4-5,8-11,14H,2-3,6-7,12-13,19H2,1H3. The van der Waals surface area contributed by atoms with E-state index in [1.165, 1.54) is 54.3 Å². The third kappa shape index (κ3) is 2.40. The van der Waals surface area contributed by atoms with Crippen LogP contribution in [0.2, 0.25) is 0 Å². The monoisotopic (exact) mass is 268 g/mol. The molecule has 20 heavy (non-hydrogen) atoms. The van der Waals surface area contributed by atoms with Crippen LogP contribution < -0.4 is 10.6 Å². The highest BCUT2D eigenvalue weighted by Gasteiger charge is 2.19. The Morgan fingerprint density at radius 1 is 1.05 bits per heavy atom. The molecule has 2 aromatic rings. The van der Waals surface area contributed by atoms with Crippen molar-refractivity contribution < 1.29 is 0 Å². The summed E-state index contributed by atoms with van der Waals surface area (Å²) < 4.78 is 0. The predicted octanol–water partition coefficient (Wildman–Crippen LogP) is 4.07. The molecule has 1 atom stereocenters. The largest absolute Gasteiger partial charge is 0.368 e. The van der Waals surface area contributed by atoms with Gasteiger partial charge in [0.2, 0.25) is 0 Å². The summed E-state index contributed by atoms with van der Waals surface area (Å²) in [6, 6.07) is 13.8. The maximum atomic E-state index is 5.88. The first-order valence-electron chi connectivity index (χ1n) is 7.78. The molecule has 3 rings (SSSR count). The minimum absolute atomic E-state index is 0.607. The van der Waals surface area contributed by atoms with Gasteiger partial charge in [0, 0.05) is 30.2 Å². The van der Waals surface area contributed by atoms with Crippen molar-refractivity contribution in [2.75, 3.05) is 11.4 Å². The third-order valence-electron chi connectivity index (χ3n) is 4.57. The molecule has 1 aliphatic rings. The molecule has 0 radical (unpaired) electrons. The second-order valence-electron chi connectivity index (χ2n) is 5.89. The zero-order valence-corrected chi connectivity index (χ0v) is 12.3. The molecule has 0 aliphatic carbocycles. The van der Waals surface area contributed by atoms with Gasteiger partial charge in [-0.25, -0.2) is 0 Å². The van der Waals surface area contributed by atoms with Gasteiger partial charge in [-0.3, -0.25) is 0 Å². The third-order valence-corrected chi connectivity index (χ3v) is 4.57. The van der Waals surface area contributed by atoms with Gasteiger partial charge in [-0.05, 0) is 36.8 Å². The highest BCUT2D eigenvalue weighted by Crippen LogP contribution is 2.32. The SMILES string of the molecule is CC1CCCCCN1c1ccc(CN)c2ccccc12. The zero-order valence-electron chi connectivity index (χ0n) is 12.3. The fraction of sp³-hybridized carbons (Fsp3) is 0.444. The fourth-order valence-corrected chi connectivity index (χ4v) is 3.41. The van der Waals surface area contributed by atoms with Gasteiger partial charge in [0.15, 0.2) is 0 Å². The molecule has 1 aliphatic heterocycles. The first-order chi connectivity index (χ1) is 9.81. The van der Waals surface area contributed by atoms with Crippen molar-refractivity contribution >= 4 is 16.5 Å². The highest BCUT2D eigenvalue weighted by atomic mass is 15.2. The van der Waals surface area contributed by atoms with Crippen molar-refractivity contribution in [2.24, 2.45) is 5.73 Å². The van der Waals surface area contributed by atoms with E-state index in [-0.39, 0.29) is 0 Å². The molecule has 0 saturated carbocycles. The maximum Gasteiger partial charge on any atom is 0.0448 e. The van der Waals surface area contributed by atoms with Crippen molar-refractivity contribution in [1.29, 1.82) is 0 Å². The quantitative estimate of drug-likeness (QED) is 0.889. The minimum Gasteiger partial charge on any atom is -0.368 e. The number of benzene rings is 2. The Balaban J connectivity index is 2.11. The van der Waals surface area contributed by atoms with Crippen LogP contribution >= 0.6 is 0 Å². The lowest BCUT2D eigenvalue weighted by atomic mass is 10.0. The van der Waals surface area contributed by atoms with Crippen molar-refractivity contribution in [3.63, 3.8) is 0 Å². The zero-order chi connectivity index (χ0) is 13.9. The van der Waals surface area contributed by atoms with Gasteiger partial charge in [-0.2, -0.15) is 0 Å². The summed E-state index contributed by atoms with van der Waals surface area (Å²) in [7, 11) is 0. The second-order valence-corrected chi connectivity index (χ2v) is 5.89. The van der Waals surface area contributed by atoms with E-state index in [4.69, 9.17) is 5.73 Å². The van der Waals surface area contributed by atoms with E-state index in [1.54, 1.807) is 0 Å². The second kappa shape index (κ2) is 5.84. The van der Waals surface area contributed by atoms with Crippen molar-refractivity contribution in [2.45, 2.75) is 45.2 Å². The maximum absolute atomic E-state index is 5.88. The Labute approximate surface area is 121 Å². The lowest BCUT2D eigenvalue weighted by Crippen LogP contribution is -2.32. The number of anilines is 1. The summed E-state index contributed by atoms with van der Waals surface area (Å²) in [5.74, 6) is 0. The van der Waals surface area contributed by atoms with Gasteiger partial charge in [0.1, 0.15) is 0 Å². The van der Waals surface area contributed by atoms with Crippen molar-refractivity contribution in [3.8, 4) is 0 Å². The van der Waals surface area contributed by atoms with Gasteiger partial charge < -0.3 is 10.6 Å².